The van der Waals surface area contributed by atoms with E-state index in [0.717, 1.165) is 20.6 Å². The Morgan fingerprint density at radius 1 is 0.952 bits per heavy atom. The third-order valence-electron chi connectivity index (χ3n) is 3.14. The molecule has 0 amide bonds. The molecular weight excluding hydrogens is 304 g/mol. The van der Waals surface area contributed by atoms with E-state index >= 15 is 0 Å². The van der Waals surface area contributed by atoms with Crippen LogP contribution in [0.3, 0.4) is 0 Å². The van der Waals surface area contributed by atoms with Crippen molar-refractivity contribution >= 4 is 40.1 Å². The van der Waals surface area contributed by atoms with Crippen LogP contribution in [0.5, 0.6) is 0 Å². The summed E-state index contributed by atoms with van der Waals surface area (Å²) in [6, 6.07) is 18.6. The fourth-order valence-corrected chi connectivity index (χ4v) is 3.47. The monoisotopic (exact) mass is 314 g/mol. The Morgan fingerprint density at radius 2 is 1.71 bits per heavy atom. The second-order valence-corrected chi connectivity index (χ2v) is 6.07. The van der Waals surface area contributed by atoms with E-state index in [0.29, 0.717) is 10.6 Å². The highest BCUT2D eigenvalue weighted by Gasteiger charge is 2.11. The van der Waals surface area contributed by atoms with E-state index in [2.05, 4.69) is 0 Å². The Bertz CT molecular complexity index is 830. The van der Waals surface area contributed by atoms with E-state index in [1.807, 2.05) is 54.6 Å². The quantitative estimate of drug-likeness (QED) is 0.708. The average Bonchev–Trinajstić information content (AvgIpc) is 2.47. The highest BCUT2D eigenvalue weighted by Crippen LogP contribution is 2.35. The number of halogens is 1. The summed E-state index contributed by atoms with van der Waals surface area (Å²) in [4.78, 5) is 13.3. The summed E-state index contributed by atoms with van der Waals surface area (Å²) < 4.78 is 0. The number of benzene rings is 3. The van der Waals surface area contributed by atoms with Gasteiger partial charge in [0.05, 0.1) is 5.56 Å². The summed E-state index contributed by atoms with van der Waals surface area (Å²) in [5.74, 6) is -0.912. The lowest BCUT2D eigenvalue weighted by Crippen LogP contribution is -1.97. The van der Waals surface area contributed by atoms with Gasteiger partial charge in [0, 0.05) is 14.8 Å². The van der Waals surface area contributed by atoms with Gasteiger partial charge in [-0.15, -0.1) is 0 Å². The van der Waals surface area contributed by atoms with Crippen LogP contribution in [0.25, 0.3) is 10.8 Å². The lowest BCUT2D eigenvalue weighted by molar-refractivity contribution is 0.0699. The molecule has 3 aromatic carbocycles. The molecule has 104 valence electrons. The van der Waals surface area contributed by atoms with E-state index in [4.69, 9.17) is 11.6 Å². The minimum Gasteiger partial charge on any atom is -0.478 e. The van der Waals surface area contributed by atoms with Gasteiger partial charge in [-0.2, -0.15) is 0 Å². The molecule has 0 atom stereocenters. The molecule has 0 aliphatic carbocycles. The number of rotatable bonds is 3. The van der Waals surface area contributed by atoms with Gasteiger partial charge in [-0.25, -0.2) is 4.79 Å². The van der Waals surface area contributed by atoms with Gasteiger partial charge in [-0.3, -0.25) is 0 Å². The molecule has 0 unspecified atom stereocenters. The van der Waals surface area contributed by atoms with Crippen LogP contribution in [0, 0.1) is 0 Å². The maximum absolute atomic E-state index is 11.3. The maximum Gasteiger partial charge on any atom is 0.336 e. The van der Waals surface area contributed by atoms with Gasteiger partial charge >= 0.3 is 5.97 Å². The van der Waals surface area contributed by atoms with E-state index in [9.17, 15) is 9.90 Å². The minimum atomic E-state index is -0.912. The summed E-state index contributed by atoms with van der Waals surface area (Å²) >= 11 is 7.58. The van der Waals surface area contributed by atoms with Crippen LogP contribution in [0.15, 0.2) is 70.5 Å². The van der Waals surface area contributed by atoms with Gasteiger partial charge in [0.2, 0.25) is 0 Å². The van der Waals surface area contributed by atoms with Crippen molar-refractivity contribution in [1.29, 1.82) is 0 Å². The fraction of sp³-hybridized carbons (Fsp3) is 0. The predicted molar refractivity (Wildman–Crippen MR) is 86.5 cm³/mol. The number of carbonyl (C=O) groups is 1. The molecule has 0 radical (unpaired) electrons. The number of aromatic carboxylic acids is 1. The van der Waals surface area contributed by atoms with Crippen molar-refractivity contribution in [2.24, 2.45) is 0 Å². The van der Waals surface area contributed by atoms with Crippen molar-refractivity contribution in [3.05, 3.63) is 71.2 Å². The number of carboxylic acid groups (broad SMARTS) is 1. The molecule has 0 aliphatic rings. The fourth-order valence-electron chi connectivity index (χ4n) is 2.20. The van der Waals surface area contributed by atoms with Gasteiger partial charge in [0.1, 0.15) is 0 Å². The second-order valence-electron chi connectivity index (χ2n) is 4.52. The van der Waals surface area contributed by atoms with Crippen molar-refractivity contribution in [3.63, 3.8) is 0 Å². The topological polar surface area (TPSA) is 37.3 Å². The Labute approximate surface area is 131 Å². The minimum absolute atomic E-state index is 0.320. The van der Waals surface area contributed by atoms with Crippen LogP contribution in [0.2, 0.25) is 5.02 Å². The van der Waals surface area contributed by atoms with Crippen molar-refractivity contribution in [2.75, 3.05) is 0 Å². The largest absolute Gasteiger partial charge is 0.478 e. The summed E-state index contributed by atoms with van der Waals surface area (Å²) in [5, 5.41) is 11.6. The molecule has 0 bridgehead atoms. The molecule has 2 nitrogen and oxygen atoms in total. The number of fused-ring (bicyclic) bond motifs is 1. The van der Waals surface area contributed by atoms with Crippen LogP contribution >= 0.6 is 23.4 Å². The SMILES string of the molecule is O=C(O)c1ccc(Sc2cccc(Cl)c2)c2ccccc12. The molecule has 0 aromatic heterocycles. The van der Waals surface area contributed by atoms with Crippen LogP contribution < -0.4 is 0 Å². The van der Waals surface area contributed by atoms with Gasteiger partial charge < -0.3 is 5.11 Å². The standard InChI is InChI=1S/C17H11ClO2S/c18-11-4-3-5-12(10-11)21-16-9-8-15(17(19)20)13-6-1-2-7-14(13)16/h1-10H,(H,19,20). The zero-order valence-corrected chi connectivity index (χ0v) is 12.5. The van der Waals surface area contributed by atoms with Crippen LogP contribution in [0.4, 0.5) is 0 Å². The third kappa shape index (κ3) is 2.89. The molecule has 0 fully saturated rings. The summed E-state index contributed by atoms with van der Waals surface area (Å²) in [6.07, 6.45) is 0. The van der Waals surface area contributed by atoms with Gasteiger partial charge in [0.25, 0.3) is 0 Å². The molecule has 4 heteroatoms. The van der Waals surface area contributed by atoms with E-state index in [1.54, 1.807) is 17.8 Å². The molecule has 0 spiro atoms. The van der Waals surface area contributed by atoms with Crippen LogP contribution in [-0.4, -0.2) is 11.1 Å². The van der Waals surface area contributed by atoms with E-state index in [-0.39, 0.29) is 0 Å². The van der Waals surface area contributed by atoms with E-state index in [1.165, 1.54) is 0 Å². The molecule has 1 N–H and O–H groups in total. The number of carboxylic acids is 1. The van der Waals surface area contributed by atoms with Crippen molar-refractivity contribution in [3.8, 4) is 0 Å². The van der Waals surface area contributed by atoms with Crippen molar-refractivity contribution in [2.45, 2.75) is 9.79 Å². The number of hydrogen-bond donors (Lipinski definition) is 1. The van der Waals surface area contributed by atoms with Gasteiger partial charge in [-0.1, -0.05) is 53.7 Å². The zero-order valence-electron chi connectivity index (χ0n) is 10.9. The molecule has 3 rings (SSSR count). The first-order valence-electron chi connectivity index (χ1n) is 6.33. The third-order valence-corrected chi connectivity index (χ3v) is 4.44. The lowest BCUT2D eigenvalue weighted by atomic mass is 10.0. The summed E-state index contributed by atoms with van der Waals surface area (Å²) in [6.45, 7) is 0. The second kappa shape index (κ2) is 5.80. The summed E-state index contributed by atoms with van der Waals surface area (Å²) in [7, 11) is 0. The first-order chi connectivity index (χ1) is 10.1. The lowest BCUT2D eigenvalue weighted by Gasteiger charge is -2.09. The maximum atomic E-state index is 11.3. The van der Waals surface area contributed by atoms with Crippen molar-refractivity contribution < 1.29 is 9.90 Å². The highest BCUT2D eigenvalue weighted by atomic mass is 35.5. The van der Waals surface area contributed by atoms with Crippen molar-refractivity contribution in [1.82, 2.24) is 0 Å². The first-order valence-corrected chi connectivity index (χ1v) is 7.53. The van der Waals surface area contributed by atoms with E-state index < -0.39 is 5.97 Å². The molecule has 0 aliphatic heterocycles. The Kier molecular flexibility index (Phi) is 3.86. The predicted octanol–water partition coefficient (Wildman–Crippen LogP) is 5.34. The zero-order chi connectivity index (χ0) is 14.8. The highest BCUT2D eigenvalue weighted by molar-refractivity contribution is 7.99. The van der Waals surface area contributed by atoms with Gasteiger partial charge in [0.15, 0.2) is 0 Å². The molecular formula is C17H11ClO2S. The molecule has 0 heterocycles. The summed E-state index contributed by atoms with van der Waals surface area (Å²) in [5.41, 5.74) is 0.320. The average molecular weight is 315 g/mol. The molecule has 3 aromatic rings. The smallest absolute Gasteiger partial charge is 0.336 e. The Morgan fingerprint density at radius 3 is 2.43 bits per heavy atom. The van der Waals surface area contributed by atoms with Gasteiger partial charge in [-0.05, 0) is 41.1 Å². The first kappa shape index (κ1) is 14.0. The van der Waals surface area contributed by atoms with Crippen LogP contribution in [-0.2, 0) is 0 Å². The van der Waals surface area contributed by atoms with Crippen LogP contribution in [0.1, 0.15) is 10.4 Å². The Hall–Kier alpha value is -1.97. The normalized spacial score (nSPS) is 10.7. The molecule has 21 heavy (non-hydrogen) atoms. The number of hydrogen-bond acceptors (Lipinski definition) is 2. The Balaban J connectivity index is 2.12. The molecule has 0 saturated carbocycles. The molecule has 0 saturated heterocycles.